The zero-order valence-electron chi connectivity index (χ0n) is 10.7. The molecule has 98 valence electrons. The van der Waals surface area contributed by atoms with Gasteiger partial charge in [0.2, 0.25) is 5.95 Å². The van der Waals surface area contributed by atoms with Crippen molar-refractivity contribution >= 4 is 11.9 Å². The van der Waals surface area contributed by atoms with Crippen molar-refractivity contribution in [1.29, 1.82) is 0 Å². The zero-order chi connectivity index (χ0) is 13.4. The summed E-state index contributed by atoms with van der Waals surface area (Å²) in [5, 5.41) is 12.6. The van der Waals surface area contributed by atoms with Gasteiger partial charge in [-0.3, -0.25) is 0 Å². The first-order chi connectivity index (χ1) is 9.16. The molecular formula is C14H15N3O2. The van der Waals surface area contributed by atoms with Gasteiger partial charge in [-0.15, -0.1) is 0 Å². The molecule has 1 aliphatic heterocycles. The van der Waals surface area contributed by atoms with Gasteiger partial charge in [0.1, 0.15) is 5.69 Å². The minimum absolute atomic E-state index is 0.269. The monoisotopic (exact) mass is 257 g/mol. The van der Waals surface area contributed by atoms with Crippen molar-refractivity contribution in [3.63, 3.8) is 0 Å². The number of imidazole rings is 1. The third-order valence-corrected chi connectivity index (χ3v) is 3.34. The lowest BCUT2D eigenvalue weighted by Gasteiger charge is -2.16. The number of hydrogen-bond donors (Lipinski definition) is 2. The average molecular weight is 257 g/mol. The standard InChI is InChI=1S/C14H15N3O2/c1-9-3-5-10(6-4-9)11-12(13(18)19)17-8-2-7-15-14(17)16-11/h3-6H,2,7-8H2,1H3,(H,15,16)(H,18,19). The molecule has 1 aromatic carbocycles. The van der Waals surface area contributed by atoms with E-state index in [2.05, 4.69) is 10.3 Å². The highest BCUT2D eigenvalue weighted by Gasteiger charge is 2.24. The number of aromatic nitrogens is 2. The highest BCUT2D eigenvalue weighted by molar-refractivity contribution is 5.94. The molecule has 2 heterocycles. The maximum Gasteiger partial charge on any atom is 0.354 e. The highest BCUT2D eigenvalue weighted by atomic mass is 16.4. The van der Waals surface area contributed by atoms with Gasteiger partial charge < -0.3 is 15.0 Å². The van der Waals surface area contributed by atoms with Crippen LogP contribution in [-0.4, -0.2) is 27.2 Å². The van der Waals surface area contributed by atoms with E-state index in [0.717, 1.165) is 24.1 Å². The van der Waals surface area contributed by atoms with Crippen molar-refractivity contribution in [1.82, 2.24) is 9.55 Å². The maximum absolute atomic E-state index is 11.5. The number of hydrogen-bond acceptors (Lipinski definition) is 3. The molecule has 2 aromatic rings. The third-order valence-electron chi connectivity index (χ3n) is 3.34. The van der Waals surface area contributed by atoms with Crippen molar-refractivity contribution in [2.24, 2.45) is 0 Å². The van der Waals surface area contributed by atoms with Crippen LogP contribution in [0, 0.1) is 6.92 Å². The lowest BCUT2D eigenvalue weighted by molar-refractivity contribution is 0.0686. The first kappa shape index (κ1) is 11.8. The molecule has 5 nitrogen and oxygen atoms in total. The lowest BCUT2D eigenvalue weighted by atomic mass is 10.1. The molecule has 0 fully saturated rings. The maximum atomic E-state index is 11.5. The molecular weight excluding hydrogens is 242 g/mol. The SMILES string of the molecule is Cc1ccc(-c2nc3n(c2C(=O)O)CCCN3)cc1. The van der Waals surface area contributed by atoms with E-state index in [1.54, 1.807) is 4.57 Å². The van der Waals surface area contributed by atoms with Gasteiger partial charge in [-0.1, -0.05) is 29.8 Å². The Balaban J connectivity index is 2.17. The number of aromatic carboxylic acids is 1. The number of nitrogens with one attached hydrogen (secondary N) is 1. The smallest absolute Gasteiger partial charge is 0.354 e. The Labute approximate surface area is 110 Å². The second-order valence-corrected chi connectivity index (χ2v) is 4.74. The van der Waals surface area contributed by atoms with E-state index < -0.39 is 5.97 Å². The number of aryl methyl sites for hydroxylation is 1. The predicted octanol–water partition coefficient (Wildman–Crippen LogP) is 2.37. The largest absolute Gasteiger partial charge is 0.477 e. The Hall–Kier alpha value is -2.30. The molecule has 0 unspecified atom stereocenters. The number of carboxylic acid groups (broad SMARTS) is 1. The summed E-state index contributed by atoms with van der Waals surface area (Å²) in [4.78, 5) is 15.9. The van der Waals surface area contributed by atoms with Gasteiger partial charge in [0.25, 0.3) is 0 Å². The van der Waals surface area contributed by atoms with Crippen molar-refractivity contribution in [2.75, 3.05) is 11.9 Å². The van der Waals surface area contributed by atoms with Gasteiger partial charge >= 0.3 is 5.97 Å². The summed E-state index contributed by atoms with van der Waals surface area (Å²) < 4.78 is 1.75. The van der Waals surface area contributed by atoms with Gasteiger partial charge in [-0.05, 0) is 13.3 Å². The van der Waals surface area contributed by atoms with Gasteiger partial charge in [0.05, 0.1) is 0 Å². The van der Waals surface area contributed by atoms with Crippen LogP contribution >= 0.6 is 0 Å². The summed E-state index contributed by atoms with van der Waals surface area (Å²) in [5.74, 6) is -0.280. The second kappa shape index (κ2) is 4.42. The molecule has 3 rings (SSSR count). The molecule has 19 heavy (non-hydrogen) atoms. The quantitative estimate of drug-likeness (QED) is 0.866. The fourth-order valence-corrected chi connectivity index (χ4v) is 2.37. The second-order valence-electron chi connectivity index (χ2n) is 4.74. The molecule has 0 saturated heterocycles. The molecule has 1 aromatic heterocycles. The van der Waals surface area contributed by atoms with Crippen LogP contribution < -0.4 is 5.32 Å². The molecule has 0 saturated carbocycles. The minimum Gasteiger partial charge on any atom is -0.477 e. The number of benzene rings is 1. The average Bonchev–Trinajstić information content (AvgIpc) is 2.78. The van der Waals surface area contributed by atoms with E-state index in [-0.39, 0.29) is 5.69 Å². The Morgan fingerprint density at radius 2 is 2.11 bits per heavy atom. The Kier molecular flexibility index (Phi) is 2.74. The normalized spacial score (nSPS) is 13.7. The molecule has 0 aliphatic carbocycles. The Morgan fingerprint density at radius 1 is 1.37 bits per heavy atom. The number of carbonyl (C=O) groups is 1. The van der Waals surface area contributed by atoms with Gasteiger partial charge in [0.15, 0.2) is 5.69 Å². The molecule has 2 N–H and O–H groups in total. The molecule has 0 spiro atoms. The van der Waals surface area contributed by atoms with E-state index in [9.17, 15) is 9.90 Å². The Bertz CT molecular complexity index is 629. The summed E-state index contributed by atoms with van der Waals surface area (Å²) >= 11 is 0. The number of carboxylic acids is 1. The van der Waals surface area contributed by atoms with Crippen LogP contribution in [0.15, 0.2) is 24.3 Å². The molecule has 0 atom stereocenters. The first-order valence-electron chi connectivity index (χ1n) is 6.31. The molecule has 1 aliphatic rings. The fourth-order valence-electron chi connectivity index (χ4n) is 2.37. The van der Waals surface area contributed by atoms with E-state index in [0.29, 0.717) is 18.2 Å². The van der Waals surface area contributed by atoms with E-state index in [1.807, 2.05) is 31.2 Å². The van der Waals surface area contributed by atoms with Crippen LogP contribution in [0.2, 0.25) is 0 Å². The van der Waals surface area contributed by atoms with Crippen LogP contribution in [0.5, 0.6) is 0 Å². The van der Waals surface area contributed by atoms with E-state index in [1.165, 1.54) is 0 Å². The summed E-state index contributed by atoms with van der Waals surface area (Å²) in [6, 6.07) is 7.76. The van der Waals surface area contributed by atoms with Crippen molar-refractivity contribution in [3.8, 4) is 11.3 Å². The molecule has 5 heteroatoms. The molecule has 0 amide bonds. The van der Waals surface area contributed by atoms with Crippen LogP contribution in [0.25, 0.3) is 11.3 Å². The number of rotatable bonds is 2. The first-order valence-corrected chi connectivity index (χ1v) is 6.31. The van der Waals surface area contributed by atoms with Crippen LogP contribution in [-0.2, 0) is 6.54 Å². The lowest BCUT2D eigenvalue weighted by Crippen LogP contribution is -2.20. The van der Waals surface area contributed by atoms with Gasteiger partial charge in [0, 0.05) is 18.7 Å². The van der Waals surface area contributed by atoms with E-state index >= 15 is 0 Å². The fraction of sp³-hybridized carbons (Fsp3) is 0.286. The van der Waals surface area contributed by atoms with Crippen molar-refractivity contribution in [3.05, 3.63) is 35.5 Å². The van der Waals surface area contributed by atoms with Crippen molar-refractivity contribution in [2.45, 2.75) is 19.9 Å². The topological polar surface area (TPSA) is 67.2 Å². The number of nitrogens with zero attached hydrogens (tertiary/aromatic N) is 2. The van der Waals surface area contributed by atoms with Gasteiger partial charge in [-0.25, -0.2) is 9.78 Å². The number of anilines is 1. The highest BCUT2D eigenvalue weighted by Crippen LogP contribution is 2.28. The molecule has 0 bridgehead atoms. The summed E-state index contributed by atoms with van der Waals surface area (Å²) in [6.45, 7) is 3.54. The van der Waals surface area contributed by atoms with Crippen LogP contribution in [0.3, 0.4) is 0 Å². The molecule has 0 radical (unpaired) electrons. The predicted molar refractivity (Wildman–Crippen MR) is 72.5 cm³/mol. The number of fused-ring (bicyclic) bond motifs is 1. The zero-order valence-corrected chi connectivity index (χ0v) is 10.7. The third kappa shape index (κ3) is 1.97. The van der Waals surface area contributed by atoms with Crippen LogP contribution in [0.1, 0.15) is 22.5 Å². The van der Waals surface area contributed by atoms with Gasteiger partial charge in [-0.2, -0.15) is 0 Å². The van der Waals surface area contributed by atoms with Crippen LogP contribution in [0.4, 0.5) is 5.95 Å². The summed E-state index contributed by atoms with van der Waals surface area (Å²) in [6.07, 6.45) is 0.914. The minimum atomic E-state index is -0.932. The summed E-state index contributed by atoms with van der Waals surface area (Å²) in [7, 11) is 0. The van der Waals surface area contributed by atoms with E-state index in [4.69, 9.17) is 0 Å². The van der Waals surface area contributed by atoms with Crippen molar-refractivity contribution < 1.29 is 9.90 Å². The summed E-state index contributed by atoms with van der Waals surface area (Å²) in [5.41, 5.74) is 2.79. The Morgan fingerprint density at radius 3 is 2.79 bits per heavy atom.